The predicted molar refractivity (Wildman–Crippen MR) is 111 cm³/mol. The second-order valence-electron chi connectivity index (χ2n) is 6.25. The van der Waals surface area contributed by atoms with Crippen LogP contribution < -0.4 is 9.54 Å². The lowest BCUT2D eigenvalue weighted by atomic mass is 10.2. The van der Waals surface area contributed by atoms with Gasteiger partial charge in [-0.1, -0.05) is 27.3 Å². The Hall–Kier alpha value is -1.96. The number of aromatic nitrogens is 1. The van der Waals surface area contributed by atoms with Gasteiger partial charge in [-0.05, 0) is 56.3 Å². The van der Waals surface area contributed by atoms with Gasteiger partial charge < -0.3 is 14.0 Å². The molecule has 2 aromatic carbocycles. The van der Waals surface area contributed by atoms with Gasteiger partial charge in [-0.25, -0.2) is 0 Å². The van der Waals surface area contributed by atoms with E-state index in [0.717, 1.165) is 20.4 Å². The van der Waals surface area contributed by atoms with E-state index < -0.39 is 0 Å². The van der Waals surface area contributed by atoms with Crippen molar-refractivity contribution in [3.05, 3.63) is 57.3 Å². The number of amides is 1. The Labute approximate surface area is 170 Å². The number of carbonyl (C=O) groups excluding carboxylic acids is 1. The summed E-state index contributed by atoms with van der Waals surface area (Å²) in [6.45, 7) is 5.11. The van der Waals surface area contributed by atoms with Crippen molar-refractivity contribution in [2.24, 2.45) is 4.99 Å². The molecular weight excluding hydrogens is 428 g/mol. The Kier molecular flexibility index (Phi) is 6.46. The molecule has 27 heavy (non-hydrogen) atoms. The van der Waals surface area contributed by atoms with Crippen molar-refractivity contribution in [2.45, 2.75) is 26.5 Å². The van der Waals surface area contributed by atoms with Gasteiger partial charge in [0, 0.05) is 23.7 Å². The molecule has 142 valence electrons. The summed E-state index contributed by atoms with van der Waals surface area (Å²) >= 11 is 4.98. The minimum absolute atomic E-state index is 0.0915. The molecule has 0 radical (unpaired) electrons. The zero-order chi connectivity index (χ0) is 19.4. The highest BCUT2D eigenvalue weighted by Gasteiger charge is 2.10. The minimum atomic E-state index is -0.275. The van der Waals surface area contributed by atoms with Crippen molar-refractivity contribution in [1.29, 1.82) is 0 Å². The number of hydrogen-bond acceptors (Lipinski definition) is 4. The molecule has 1 aromatic heterocycles. The van der Waals surface area contributed by atoms with E-state index in [1.54, 1.807) is 31.4 Å². The second kappa shape index (κ2) is 8.82. The zero-order valence-electron chi connectivity index (χ0n) is 15.4. The number of fused-ring (bicyclic) bond motifs is 1. The number of benzene rings is 2. The number of rotatable bonds is 6. The van der Waals surface area contributed by atoms with Gasteiger partial charge in [0.25, 0.3) is 5.91 Å². The summed E-state index contributed by atoms with van der Waals surface area (Å²) < 4.78 is 14.9. The smallest absolute Gasteiger partial charge is 0.279 e. The summed E-state index contributed by atoms with van der Waals surface area (Å²) in [5, 5.41) is 0. The Balaban J connectivity index is 1.97. The van der Waals surface area contributed by atoms with Crippen LogP contribution in [-0.2, 0) is 11.3 Å². The highest BCUT2D eigenvalue weighted by atomic mass is 79.9. The number of halogens is 1. The molecule has 0 atom stereocenters. The first-order valence-corrected chi connectivity index (χ1v) is 10.2. The fraction of sp³-hybridized carbons (Fsp3) is 0.300. The molecule has 0 unspecified atom stereocenters. The molecular formula is C20H21BrN2O3S. The van der Waals surface area contributed by atoms with E-state index in [2.05, 4.69) is 20.9 Å². The predicted octanol–water partition coefficient (Wildman–Crippen LogP) is 4.64. The number of ether oxygens (including phenoxy) is 2. The number of methoxy groups -OCH3 is 1. The van der Waals surface area contributed by atoms with Crippen LogP contribution in [0.3, 0.4) is 0 Å². The molecule has 0 aliphatic heterocycles. The summed E-state index contributed by atoms with van der Waals surface area (Å²) in [6, 6.07) is 13.1. The van der Waals surface area contributed by atoms with Gasteiger partial charge in [0.15, 0.2) is 4.80 Å². The quantitative estimate of drug-likeness (QED) is 0.551. The fourth-order valence-corrected chi connectivity index (χ4v) is 4.24. The van der Waals surface area contributed by atoms with E-state index in [-0.39, 0.29) is 12.0 Å². The third kappa shape index (κ3) is 4.86. The standard InChI is InChI=1S/C20H21BrN2O3S/c1-13(2)26-16-7-4-14(5-8-16)19(24)22-20-23(10-11-25-3)17-9-6-15(21)12-18(17)27-20/h4-9,12-13H,10-11H2,1-3H3. The van der Waals surface area contributed by atoms with Crippen LogP contribution in [0.2, 0.25) is 0 Å². The SMILES string of the molecule is COCCn1c(=NC(=O)c2ccc(OC(C)C)cc2)sc2cc(Br)ccc21. The summed E-state index contributed by atoms with van der Waals surface area (Å²) in [5.74, 6) is 0.464. The monoisotopic (exact) mass is 448 g/mol. The maximum atomic E-state index is 12.7. The first kappa shape index (κ1) is 19.8. The van der Waals surface area contributed by atoms with Crippen molar-refractivity contribution in [1.82, 2.24) is 4.57 Å². The minimum Gasteiger partial charge on any atom is -0.491 e. The molecule has 7 heteroatoms. The average molecular weight is 449 g/mol. The Morgan fingerprint density at radius 3 is 2.63 bits per heavy atom. The molecule has 0 N–H and O–H groups in total. The van der Waals surface area contributed by atoms with E-state index in [4.69, 9.17) is 9.47 Å². The molecule has 3 rings (SSSR count). The van der Waals surface area contributed by atoms with Crippen molar-refractivity contribution in [2.75, 3.05) is 13.7 Å². The van der Waals surface area contributed by atoms with Crippen LogP contribution in [0.25, 0.3) is 10.2 Å². The Bertz CT molecular complexity index is 1010. The number of thiazole rings is 1. The molecule has 0 saturated heterocycles. The lowest BCUT2D eigenvalue weighted by molar-refractivity contribution is 0.0997. The highest BCUT2D eigenvalue weighted by Crippen LogP contribution is 2.22. The summed E-state index contributed by atoms with van der Waals surface area (Å²) in [6.07, 6.45) is 0.0915. The van der Waals surface area contributed by atoms with Gasteiger partial charge in [0.1, 0.15) is 5.75 Å². The normalized spacial score (nSPS) is 12.1. The third-order valence-electron chi connectivity index (χ3n) is 3.83. The molecule has 0 fully saturated rings. The van der Waals surface area contributed by atoms with Crippen LogP contribution >= 0.6 is 27.3 Å². The van der Waals surface area contributed by atoms with E-state index in [1.165, 1.54) is 11.3 Å². The lowest BCUT2D eigenvalue weighted by Gasteiger charge is -2.09. The zero-order valence-corrected chi connectivity index (χ0v) is 17.8. The molecule has 1 amide bonds. The van der Waals surface area contributed by atoms with Crippen LogP contribution in [0.15, 0.2) is 51.9 Å². The second-order valence-corrected chi connectivity index (χ2v) is 8.17. The lowest BCUT2D eigenvalue weighted by Crippen LogP contribution is -2.19. The van der Waals surface area contributed by atoms with E-state index >= 15 is 0 Å². The van der Waals surface area contributed by atoms with Gasteiger partial charge in [-0.15, -0.1) is 0 Å². The summed E-state index contributed by atoms with van der Waals surface area (Å²) in [4.78, 5) is 17.7. The van der Waals surface area contributed by atoms with Crippen molar-refractivity contribution >= 4 is 43.4 Å². The average Bonchev–Trinajstić information content (AvgIpc) is 2.96. The topological polar surface area (TPSA) is 52.8 Å². The van der Waals surface area contributed by atoms with Gasteiger partial charge >= 0.3 is 0 Å². The Morgan fingerprint density at radius 1 is 1.22 bits per heavy atom. The Morgan fingerprint density at radius 2 is 1.96 bits per heavy atom. The largest absolute Gasteiger partial charge is 0.491 e. The maximum Gasteiger partial charge on any atom is 0.279 e. The molecule has 0 saturated carbocycles. The van der Waals surface area contributed by atoms with Crippen molar-refractivity contribution in [3.8, 4) is 5.75 Å². The van der Waals surface area contributed by atoms with Crippen LogP contribution in [0, 0.1) is 0 Å². The van der Waals surface area contributed by atoms with Crippen LogP contribution in [0.5, 0.6) is 5.75 Å². The van der Waals surface area contributed by atoms with Gasteiger partial charge in [0.05, 0.1) is 22.9 Å². The maximum absolute atomic E-state index is 12.7. The van der Waals surface area contributed by atoms with Crippen LogP contribution in [-0.4, -0.2) is 30.3 Å². The molecule has 0 bridgehead atoms. The van der Waals surface area contributed by atoms with Crippen molar-refractivity contribution < 1.29 is 14.3 Å². The number of hydrogen-bond donors (Lipinski definition) is 0. The van der Waals surface area contributed by atoms with E-state index in [0.29, 0.717) is 23.5 Å². The number of nitrogens with zero attached hydrogens (tertiary/aromatic N) is 2. The molecule has 0 aliphatic rings. The summed E-state index contributed by atoms with van der Waals surface area (Å²) in [7, 11) is 1.66. The highest BCUT2D eigenvalue weighted by molar-refractivity contribution is 9.10. The third-order valence-corrected chi connectivity index (χ3v) is 5.37. The van der Waals surface area contributed by atoms with Gasteiger partial charge in [-0.2, -0.15) is 4.99 Å². The number of carbonyl (C=O) groups is 1. The molecule has 0 spiro atoms. The van der Waals surface area contributed by atoms with Crippen LogP contribution in [0.4, 0.5) is 0 Å². The molecule has 1 heterocycles. The van der Waals surface area contributed by atoms with Gasteiger partial charge in [-0.3, -0.25) is 4.79 Å². The molecule has 3 aromatic rings. The van der Waals surface area contributed by atoms with Gasteiger partial charge in [0.2, 0.25) is 0 Å². The van der Waals surface area contributed by atoms with Crippen LogP contribution in [0.1, 0.15) is 24.2 Å². The fourth-order valence-electron chi connectivity index (χ4n) is 2.63. The molecule has 5 nitrogen and oxygen atoms in total. The van der Waals surface area contributed by atoms with E-state index in [1.807, 2.05) is 36.6 Å². The molecule has 0 aliphatic carbocycles. The summed E-state index contributed by atoms with van der Waals surface area (Å²) in [5.41, 5.74) is 1.57. The van der Waals surface area contributed by atoms with Crippen molar-refractivity contribution in [3.63, 3.8) is 0 Å². The van der Waals surface area contributed by atoms with E-state index in [9.17, 15) is 4.79 Å². The first-order chi connectivity index (χ1) is 13.0. The first-order valence-electron chi connectivity index (χ1n) is 8.61.